The normalized spacial score (nSPS) is 19.3. The van der Waals surface area contributed by atoms with E-state index in [-0.39, 0.29) is 29.3 Å². The van der Waals surface area contributed by atoms with Crippen LogP contribution in [0, 0.1) is 11.7 Å². The van der Waals surface area contributed by atoms with Gasteiger partial charge in [0.05, 0.1) is 10.7 Å². The summed E-state index contributed by atoms with van der Waals surface area (Å²) in [7, 11) is 0. The summed E-state index contributed by atoms with van der Waals surface area (Å²) in [5.41, 5.74) is 0.0728. The van der Waals surface area contributed by atoms with Gasteiger partial charge in [-0.1, -0.05) is 17.7 Å². The first-order chi connectivity index (χ1) is 9.11. The first-order valence-corrected chi connectivity index (χ1v) is 6.60. The lowest BCUT2D eigenvalue weighted by Gasteiger charge is -2.31. The second-order valence-electron chi connectivity index (χ2n) is 4.67. The molecule has 0 saturated carbocycles. The van der Waals surface area contributed by atoms with Gasteiger partial charge >= 0.3 is 6.03 Å². The average Bonchev–Trinajstić information content (AvgIpc) is 2.44. The topological polar surface area (TPSA) is 52.6 Å². The third kappa shape index (κ3) is 3.36. The molecule has 0 radical (unpaired) electrons. The molecular weight excluding hydrogens is 271 g/mol. The van der Waals surface area contributed by atoms with Crippen molar-refractivity contribution >= 4 is 23.3 Å². The highest BCUT2D eigenvalue weighted by molar-refractivity contribution is 6.31. The van der Waals surface area contributed by atoms with Crippen molar-refractivity contribution in [3.63, 3.8) is 0 Å². The van der Waals surface area contributed by atoms with E-state index in [0.717, 1.165) is 12.8 Å². The van der Waals surface area contributed by atoms with Crippen molar-refractivity contribution in [2.75, 3.05) is 25.0 Å². The molecule has 1 aromatic carbocycles. The van der Waals surface area contributed by atoms with Gasteiger partial charge in [0, 0.05) is 19.7 Å². The number of nitrogens with one attached hydrogen (secondary N) is 1. The Morgan fingerprint density at radius 1 is 1.58 bits per heavy atom. The van der Waals surface area contributed by atoms with Gasteiger partial charge < -0.3 is 15.3 Å². The van der Waals surface area contributed by atoms with Crippen LogP contribution in [-0.2, 0) is 0 Å². The monoisotopic (exact) mass is 286 g/mol. The van der Waals surface area contributed by atoms with E-state index in [1.807, 2.05) is 0 Å². The lowest BCUT2D eigenvalue weighted by atomic mass is 9.99. The standard InChI is InChI=1S/C13H16ClFN2O2/c14-10-4-1-5-11(12(10)15)16-13(19)17-6-2-3-9(7-17)8-18/h1,4-5,9,18H,2-3,6-8H2,(H,16,19). The van der Waals surface area contributed by atoms with Crippen molar-refractivity contribution in [1.29, 1.82) is 0 Å². The van der Waals surface area contributed by atoms with Crippen molar-refractivity contribution in [1.82, 2.24) is 4.90 Å². The molecule has 104 valence electrons. The lowest BCUT2D eigenvalue weighted by molar-refractivity contribution is 0.136. The van der Waals surface area contributed by atoms with Crippen LogP contribution in [0.25, 0.3) is 0 Å². The minimum Gasteiger partial charge on any atom is -0.396 e. The van der Waals surface area contributed by atoms with Crippen LogP contribution in [0.5, 0.6) is 0 Å². The number of nitrogens with zero attached hydrogens (tertiary/aromatic N) is 1. The zero-order valence-electron chi connectivity index (χ0n) is 10.4. The fraction of sp³-hybridized carbons (Fsp3) is 0.462. The molecule has 1 aliphatic rings. The highest BCUT2D eigenvalue weighted by atomic mass is 35.5. The molecule has 1 unspecified atom stereocenters. The van der Waals surface area contributed by atoms with Gasteiger partial charge in [0.25, 0.3) is 0 Å². The Kier molecular flexibility index (Phi) is 4.61. The molecule has 1 heterocycles. The highest BCUT2D eigenvalue weighted by Crippen LogP contribution is 2.23. The number of carbonyl (C=O) groups excluding carboxylic acids is 1. The SMILES string of the molecule is O=C(Nc1cccc(Cl)c1F)N1CCCC(CO)C1. The molecule has 1 aliphatic heterocycles. The van der Waals surface area contributed by atoms with Crippen LogP contribution < -0.4 is 5.32 Å². The van der Waals surface area contributed by atoms with E-state index in [9.17, 15) is 9.18 Å². The summed E-state index contributed by atoms with van der Waals surface area (Å²) in [6, 6.07) is 4.11. The number of benzene rings is 1. The molecule has 6 heteroatoms. The second-order valence-corrected chi connectivity index (χ2v) is 5.08. The van der Waals surface area contributed by atoms with Gasteiger partial charge in [0.1, 0.15) is 0 Å². The number of hydrogen-bond donors (Lipinski definition) is 2. The number of halogens is 2. The van der Waals surface area contributed by atoms with Gasteiger partial charge in [-0.15, -0.1) is 0 Å². The van der Waals surface area contributed by atoms with Gasteiger partial charge in [-0.25, -0.2) is 9.18 Å². The summed E-state index contributed by atoms with van der Waals surface area (Å²) in [4.78, 5) is 13.6. The van der Waals surface area contributed by atoms with Crippen molar-refractivity contribution in [3.8, 4) is 0 Å². The molecular formula is C13H16ClFN2O2. The smallest absolute Gasteiger partial charge is 0.321 e. The zero-order valence-corrected chi connectivity index (χ0v) is 11.2. The summed E-state index contributed by atoms with van der Waals surface area (Å²) < 4.78 is 13.7. The molecule has 0 bridgehead atoms. The molecule has 2 rings (SSSR count). The van der Waals surface area contributed by atoms with Gasteiger partial charge in [-0.05, 0) is 30.9 Å². The molecule has 1 saturated heterocycles. The summed E-state index contributed by atoms with van der Waals surface area (Å²) in [6.45, 7) is 1.17. The van der Waals surface area contributed by atoms with Crippen molar-refractivity contribution in [2.24, 2.45) is 5.92 Å². The first kappa shape index (κ1) is 14.1. The molecule has 1 aromatic rings. The lowest BCUT2D eigenvalue weighted by Crippen LogP contribution is -2.43. The maximum Gasteiger partial charge on any atom is 0.321 e. The van der Waals surface area contributed by atoms with Crippen LogP contribution in [0.3, 0.4) is 0 Å². The molecule has 19 heavy (non-hydrogen) atoms. The largest absolute Gasteiger partial charge is 0.396 e. The van der Waals surface area contributed by atoms with E-state index in [4.69, 9.17) is 16.7 Å². The molecule has 1 fully saturated rings. The van der Waals surface area contributed by atoms with Gasteiger partial charge in [0.15, 0.2) is 5.82 Å². The Balaban J connectivity index is 2.02. The average molecular weight is 287 g/mol. The number of likely N-dealkylation sites (tertiary alicyclic amines) is 1. The molecule has 2 N–H and O–H groups in total. The number of anilines is 1. The quantitative estimate of drug-likeness (QED) is 0.878. The Labute approximate surface area is 116 Å². The number of rotatable bonds is 2. The predicted octanol–water partition coefficient (Wildman–Crippen LogP) is 2.72. The number of amides is 2. The van der Waals surface area contributed by atoms with E-state index in [1.54, 1.807) is 11.0 Å². The predicted molar refractivity (Wildman–Crippen MR) is 71.8 cm³/mol. The molecule has 2 amide bonds. The number of urea groups is 1. The zero-order chi connectivity index (χ0) is 13.8. The van der Waals surface area contributed by atoms with Crippen LogP contribution in [0.1, 0.15) is 12.8 Å². The Morgan fingerprint density at radius 3 is 3.11 bits per heavy atom. The van der Waals surface area contributed by atoms with Crippen molar-refractivity contribution in [2.45, 2.75) is 12.8 Å². The van der Waals surface area contributed by atoms with Crippen molar-refractivity contribution in [3.05, 3.63) is 29.0 Å². The Morgan fingerprint density at radius 2 is 2.37 bits per heavy atom. The number of carbonyl (C=O) groups is 1. The van der Waals surface area contributed by atoms with Gasteiger partial charge in [-0.3, -0.25) is 0 Å². The molecule has 4 nitrogen and oxygen atoms in total. The number of hydrogen-bond acceptors (Lipinski definition) is 2. The summed E-state index contributed by atoms with van der Waals surface area (Å²) in [5, 5.41) is 11.6. The Hall–Kier alpha value is -1.33. The summed E-state index contributed by atoms with van der Waals surface area (Å²) in [5.74, 6) is -0.531. The third-order valence-electron chi connectivity index (χ3n) is 3.26. The van der Waals surface area contributed by atoms with E-state index < -0.39 is 5.82 Å². The summed E-state index contributed by atoms with van der Waals surface area (Å²) >= 11 is 5.66. The van der Waals surface area contributed by atoms with Crippen molar-refractivity contribution < 1.29 is 14.3 Å². The van der Waals surface area contributed by atoms with Crippen LogP contribution in [0.2, 0.25) is 5.02 Å². The van der Waals surface area contributed by atoms with Crippen LogP contribution >= 0.6 is 11.6 Å². The summed E-state index contributed by atoms with van der Waals surface area (Å²) in [6.07, 6.45) is 1.75. The molecule has 1 atom stereocenters. The molecule has 0 spiro atoms. The maximum absolute atomic E-state index is 13.7. The Bertz CT molecular complexity index is 470. The van der Waals surface area contributed by atoms with Crippen LogP contribution in [0.4, 0.5) is 14.9 Å². The third-order valence-corrected chi connectivity index (χ3v) is 3.55. The molecule has 0 aliphatic carbocycles. The molecule has 0 aromatic heterocycles. The number of piperidine rings is 1. The van der Waals surface area contributed by atoms with E-state index in [2.05, 4.69) is 5.32 Å². The van der Waals surface area contributed by atoms with Gasteiger partial charge in [-0.2, -0.15) is 0 Å². The minimum atomic E-state index is -0.631. The van der Waals surface area contributed by atoms with Crippen LogP contribution in [-0.4, -0.2) is 35.7 Å². The first-order valence-electron chi connectivity index (χ1n) is 6.22. The van der Waals surface area contributed by atoms with Gasteiger partial charge in [0.2, 0.25) is 0 Å². The van der Waals surface area contributed by atoms with Crippen LogP contribution in [0.15, 0.2) is 18.2 Å². The van der Waals surface area contributed by atoms with E-state index >= 15 is 0 Å². The van der Waals surface area contributed by atoms with E-state index in [0.29, 0.717) is 13.1 Å². The minimum absolute atomic E-state index is 0.0234. The number of aliphatic hydroxyl groups is 1. The maximum atomic E-state index is 13.7. The fourth-order valence-electron chi connectivity index (χ4n) is 2.19. The fourth-order valence-corrected chi connectivity index (χ4v) is 2.37. The number of aliphatic hydroxyl groups excluding tert-OH is 1. The van der Waals surface area contributed by atoms with E-state index in [1.165, 1.54) is 12.1 Å². The highest BCUT2D eigenvalue weighted by Gasteiger charge is 2.23. The second kappa shape index (κ2) is 6.21.